The molecular weight excluding hydrogens is 482 g/mol. The molecule has 39 heavy (non-hydrogen) atoms. The molecule has 200 valence electrons. The number of piperidine rings is 2. The molecule has 0 spiro atoms. The molecule has 7 heteroatoms. The van der Waals surface area contributed by atoms with Gasteiger partial charge in [-0.3, -0.25) is 5.10 Å². The summed E-state index contributed by atoms with van der Waals surface area (Å²) in [6.07, 6.45) is 6.65. The van der Waals surface area contributed by atoms with Crippen LogP contribution in [0, 0.1) is 0 Å². The Hall–Kier alpha value is -3.84. The summed E-state index contributed by atoms with van der Waals surface area (Å²) in [6, 6.07) is 24.3. The second-order valence-corrected chi connectivity index (χ2v) is 11.2. The number of benzene rings is 3. The number of hydrogen-bond donors (Lipinski definition) is 3. The van der Waals surface area contributed by atoms with E-state index in [4.69, 9.17) is 10.1 Å². The standard InChI is InChI=1S/C32H37N7/c1-22(23-9-4-2-5-10-23)33-27-11-8-12-28-30(27)31(37-36-28)32-34-26-14-13-25(21-29(26)35-32)39-19-15-24(16-20-39)38-17-6-3-7-18-38/h2,4-5,8-14,21-22,24,33H,3,6-7,15-20H2,1H3,(H,34,35)(H,36,37). The lowest BCUT2D eigenvalue weighted by Crippen LogP contribution is -2.46. The monoisotopic (exact) mass is 519 g/mol. The maximum Gasteiger partial charge on any atom is 0.159 e. The Morgan fingerprint density at radius 1 is 0.872 bits per heavy atom. The second kappa shape index (κ2) is 10.4. The molecule has 2 fully saturated rings. The van der Waals surface area contributed by atoms with Crippen LogP contribution >= 0.6 is 0 Å². The zero-order valence-electron chi connectivity index (χ0n) is 22.7. The molecule has 2 aromatic heterocycles. The highest BCUT2D eigenvalue weighted by atomic mass is 15.2. The zero-order valence-corrected chi connectivity index (χ0v) is 22.7. The number of aromatic nitrogens is 4. The van der Waals surface area contributed by atoms with Crippen molar-refractivity contribution in [3.63, 3.8) is 0 Å². The first-order chi connectivity index (χ1) is 19.2. The van der Waals surface area contributed by atoms with Crippen LogP contribution in [0.2, 0.25) is 0 Å². The summed E-state index contributed by atoms with van der Waals surface area (Å²) in [7, 11) is 0. The Morgan fingerprint density at radius 2 is 1.69 bits per heavy atom. The summed E-state index contributed by atoms with van der Waals surface area (Å²) < 4.78 is 0. The molecular formula is C32H37N7. The van der Waals surface area contributed by atoms with Crippen molar-refractivity contribution in [2.45, 2.75) is 51.1 Å². The first-order valence-corrected chi connectivity index (χ1v) is 14.5. The molecule has 0 aliphatic carbocycles. The van der Waals surface area contributed by atoms with Gasteiger partial charge in [0.15, 0.2) is 5.82 Å². The van der Waals surface area contributed by atoms with Crippen molar-refractivity contribution in [3.8, 4) is 11.5 Å². The van der Waals surface area contributed by atoms with Gasteiger partial charge in [-0.2, -0.15) is 5.10 Å². The molecule has 0 amide bonds. The van der Waals surface area contributed by atoms with Crippen LogP contribution in [-0.2, 0) is 0 Å². The lowest BCUT2D eigenvalue weighted by molar-refractivity contribution is 0.141. The van der Waals surface area contributed by atoms with Gasteiger partial charge in [-0.1, -0.05) is 42.8 Å². The number of nitrogens with zero attached hydrogens (tertiary/aromatic N) is 4. The molecule has 2 aliphatic heterocycles. The predicted octanol–water partition coefficient (Wildman–Crippen LogP) is 6.73. The number of nitrogens with one attached hydrogen (secondary N) is 3. The summed E-state index contributed by atoms with van der Waals surface area (Å²) in [5.41, 5.74) is 7.43. The molecule has 0 bridgehead atoms. The van der Waals surface area contributed by atoms with Crippen LogP contribution in [0.5, 0.6) is 0 Å². The summed E-state index contributed by atoms with van der Waals surface area (Å²) >= 11 is 0. The number of imidazole rings is 1. The quantitative estimate of drug-likeness (QED) is 0.232. The van der Waals surface area contributed by atoms with Gasteiger partial charge in [-0.05, 0) is 81.6 Å². The van der Waals surface area contributed by atoms with Gasteiger partial charge in [0.25, 0.3) is 0 Å². The van der Waals surface area contributed by atoms with E-state index in [0.29, 0.717) is 0 Å². The van der Waals surface area contributed by atoms with E-state index in [1.54, 1.807) is 0 Å². The van der Waals surface area contributed by atoms with Crippen LogP contribution in [-0.4, -0.2) is 57.3 Å². The minimum atomic E-state index is 0.164. The van der Waals surface area contributed by atoms with Gasteiger partial charge in [0, 0.05) is 36.5 Å². The Labute approximate surface area is 229 Å². The number of anilines is 2. The van der Waals surface area contributed by atoms with E-state index in [-0.39, 0.29) is 6.04 Å². The fourth-order valence-corrected chi connectivity index (χ4v) is 6.50. The van der Waals surface area contributed by atoms with Gasteiger partial charge in [0.2, 0.25) is 0 Å². The Morgan fingerprint density at radius 3 is 2.51 bits per heavy atom. The fourth-order valence-electron chi connectivity index (χ4n) is 6.50. The first kappa shape index (κ1) is 24.2. The molecule has 2 saturated heterocycles. The normalized spacial score (nSPS) is 18.1. The minimum Gasteiger partial charge on any atom is -0.378 e. The van der Waals surface area contributed by atoms with E-state index in [0.717, 1.165) is 58.3 Å². The van der Waals surface area contributed by atoms with E-state index < -0.39 is 0 Å². The third-order valence-corrected chi connectivity index (χ3v) is 8.69. The summed E-state index contributed by atoms with van der Waals surface area (Å²) in [5.74, 6) is 0.791. The van der Waals surface area contributed by atoms with Crippen molar-refractivity contribution in [3.05, 3.63) is 72.3 Å². The fraction of sp³-hybridized carbons (Fsp3) is 0.375. The molecule has 1 atom stereocenters. The highest BCUT2D eigenvalue weighted by Gasteiger charge is 2.26. The first-order valence-electron chi connectivity index (χ1n) is 14.5. The second-order valence-electron chi connectivity index (χ2n) is 11.2. The molecule has 1 unspecified atom stereocenters. The van der Waals surface area contributed by atoms with Crippen LogP contribution in [0.4, 0.5) is 11.4 Å². The van der Waals surface area contributed by atoms with E-state index in [1.807, 2.05) is 0 Å². The van der Waals surface area contributed by atoms with Crippen LogP contribution in [0.1, 0.15) is 50.6 Å². The van der Waals surface area contributed by atoms with E-state index in [9.17, 15) is 0 Å². The van der Waals surface area contributed by atoms with Crippen LogP contribution < -0.4 is 10.2 Å². The number of likely N-dealkylation sites (tertiary alicyclic amines) is 1. The molecule has 0 radical (unpaired) electrons. The summed E-state index contributed by atoms with van der Waals surface area (Å²) in [6.45, 7) is 7.00. The van der Waals surface area contributed by atoms with Crippen LogP contribution in [0.25, 0.3) is 33.5 Å². The van der Waals surface area contributed by atoms with Crippen molar-refractivity contribution >= 4 is 33.3 Å². The van der Waals surface area contributed by atoms with Gasteiger partial charge in [0.05, 0.1) is 21.9 Å². The average Bonchev–Trinajstić information content (AvgIpc) is 3.63. The third-order valence-electron chi connectivity index (χ3n) is 8.69. The molecule has 3 aromatic carbocycles. The van der Waals surface area contributed by atoms with Crippen LogP contribution in [0.15, 0.2) is 66.7 Å². The van der Waals surface area contributed by atoms with Gasteiger partial charge in [-0.25, -0.2) is 4.98 Å². The van der Waals surface area contributed by atoms with E-state index in [2.05, 4.69) is 98.9 Å². The van der Waals surface area contributed by atoms with Gasteiger partial charge >= 0.3 is 0 Å². The van der Waals surface area contributed by atoms with E-state index in [1.165, 1.54) is 56.4 Å². The minimum absolute atomic E-state index is 0.164. The highest BCUT2D eigenvalue weighted by molar-refractivity contribution is 6.02. The summed E-state index contributed by atoms with van der Waals surface area (Å²) in [4.78, 5) is 13.8. The lowest BCUT2D eigenvalue weighted by Gasteiger charge is -2.41. The van der Waals surface area contributed by atoms with Gasteiger partial charge in [-0.15, -0.1) is 0 Å². The van der Waals surface area contributed by atoms with Crippen molar-refractivity contribution in [2.24, 2.45) is 0 Å². The number of aromatic amines is 2. The molecule has 3 N–H and O–H groups in total. The highest BCUT2D eigenvalue weighted by Crippen LogP contribution is 2.34. The molecule has 0 saturated carbocycles. The Bertz CT molecular complexity index is 1560. The van der Waals surface area contributed by atoms with Crippen molar-refractivity contribution in [1.29, 1.82) is 0 Å². The van der Waals surface area contributed by atoms with E-state index >= 15 is 0 Å². The topological polar surface area (TPSA) is 75.9 Å². The molecule has 4 heterocycles. The summed E-state index contributed by atoms with van der Waals surface area (Å²) in [5, 5.41) is 12.7. The smallest absolute Gasteiger partial charge is 0.159 e. The van der Waals surface area contributed by atoms with Gasteiger partial charge < -0.3 is 20.1 Å². The largest absolute Gasteiger partial charge is 0.378 e. The predicted molar refractivity (Wildman–Crippen MR) is 160 cm³/mol. The molecule has 5 aromatic rings. The van der Waals surface area contributed by atoms with Crippen LogP contribution in [0.3, 0.4) is 0 Å². The number of rotatable bonds is 6. The Balaban J connectivity index is 1.13. The zero-order chi connectivity index (χ0) is 26.2. The molecule has 7 nitrogen and oxygen atoms in total. The van der Waals surface area contributed by atoms with Gasteiger partial charge in [0.1, 0.15) is 5.69 Å². The third kappa shape index (κ3) is 4.76. The maximum absolute atomic E-state index is 4.95. The molecule has 7 rings (SSSR count). The van der Waals surface area contributed by atoms with Crippen molar-refractivity contribution in [2.75, 3.05) is 36.4 Å². The molecule has 2 aliphatic rings. The SMILES string of the molecule is CC(Nc1cccc2[nH]nc(-c3nc4ccc(N5CCC(N6CCCCC6)CC5)cc4[nH]3)c12)c1ccccc1. The Kier molecular flexibility index (Phi) is 6.44. The number of hydrogen-bond acceptors (Lipinski definition) is 5. The van der Waals surface area contributed by atoms with Crippen molar-refractivity contribution in [1.82, 2.24) is 25.1 Å². The maximum atomic E-state index is 4.95. The number of fused-ring (bicyclic) bond motifs is 2. The number of H-pyrrole nitrogens is 2. The average molecular weight is 520 g/mol. The lowest BCUT2D eigenvalue weighted by atomic mass is 9.99. The van der Waals surface area contributed by atoms with Crippen molar-refractivity contribution < 1.29 is 0 Å².